The molecule has 4 rings (SSSR count). The molecule has 0 spiro atoms. The van der Waals surface area contributed by atoms with Gasteiger partial charge in [0.15, 0.2) is 0 Å². The first-order chi connectivity index (χ1) is 14.6. The lowest BCUT2D eigenvalue weighted by Crippen LogP contribution is -3.13. The molecule has 0 saturated carbocycles. The highest BCUT2D eigenvalue weighted by Crippen LogP contribution is 2.13. The van der Waals surface area contributed by atoms with Crippen molar-refractivity contribution in [1.29, 1.82) is 0 Å². The van der Waals surface area contributed by atoms with Crippen molar-refractivity contribution in [2.24, 2.45) is 0 Å². The molecule has 1 fully saturated rings. The maximum atomic E-state index is 13.2. The van der Waals surface area contributed by atoms with Crippen molar-refractivity contribution < 1.29 is 9.69 Å². The predicted molar refractivity (Wildman–Crippen MR) is 116 cm³/mol. The first kappa shape index (κ1) is 20.1. The van der Waals surface area contributed by atoms with E-state index in [4.69, 9.17) is 0 Å². The van der Waals surface area contributed by atoms with Gasteiger partial charge in [-0.05, 0) is 18.6 Å². The fraction of sp³-hybridized carbons (Fsp3) is 0.348. The number of carbonyl (C=O) groups excluding carboxylic acids is 1. The third kappa shape index (κ3) is 3.93. The summed E-state index contributed by atoms with van der Waals surface area (Å²) in [6.07, 6.45) is 0.386. The Morgan fingerprint density at radius 3 is 2.40 bits per heavy atom. The Kier molecular flexibility index (Phi) is 5.81. The van der Waals surface area contributed by atoms with E-state index < -0.39 is 17.3 Å². The van der Waals surface area contributed by atoms with Crippen molar-refractivity contribution in [3.8, 4) is 0 Å². The lowest BCUT2D eigenvalue weighted by Gasteiger charge is -2.34. The first-order valence-corrected chi connectivity index (χ1v) is 10.5. The highest BCUT2D eigenvalue weighted by molar-refractivity contribution is 5.82. The molecule has 2 aromatic carbocycles. The van der Waals surface area contributed by atoms with Crippen LogP contribution in [0.2, 0.25) is 0 Å². The molecular weight excluding hydrogens is 380 g/mol. The molecule has 1 atom stereocenters. The van der Waals surface area contributed by atoms with E-state index in [0.717, 1.165) is 24.2 Å². The van der Waals surface area contributed by atoms with Crippen LogP contribution in [-0.4, -0.2) is 46.5 Å². The van der Waals surface area contributed by atoms with E-state index in [1.165, 1.54) is 10.5 Å². The highest BCUT2D eigenvalue weighted by Gasteiger charge is 2.31. The summed E-state index contributed by atoms with van der Waals surface area (Å²) >= 11 is 0. The van der Waals surface area contributed by atoms with Gasteiger partial charge in [0, 0.05) is 5.56 Å². The molecule has 0 bridgehead atoms. The summed E-state index contributed by atoms with van der Waals surface area (Å²) in [5, 5.41) is 0.417. The summed E-state index contributed by atoms with van der Waals surface area (Å²) < 4.78 is 1.09. The van der Waals surface area contributed by atoms with Gasteiger partial charge >= 0.3 is 5.69 Å². The number of fused-ring (bicyclic) bond motifs is 1. The van der Waals surface area contributed by atoms with Gasteiger partial charge in [0.2, 0.25) is 5.91 Å². The van der Waals surface area contributed by atoms with Crippen LogP contribution in [0.4, 0.5) is 0 Å². The summed E-state index contributed by atoms with van der Waals surface area (Å²) in [6, 6.07) is 16.4. The van der Waals surface area contributed by atoms with Gasteiger partial charge in [0.1, 0.15) is 12.6 Å². The van der Waals surface area contributed by atoms with Crippen LogP contribution < -0.4 is 16.1 Å². The second kappa shape index (κ2) is 8.67. The Labute approximate surface area is 174 Å². The molecule has 7 nitrogen and oxygen atoms in total. The SMILES string of the molecule is CC[C@@H](C(=O)N1CC[NH+](Cc2ccccc2)CC1)n1c(=O)[nH]c2ccccc2c1=O. The molecule has 2 heterocycles. The maximum Gasteiger partial charge on any atom is 0.329 e. The fourth-order valence-corrected chi connectivity index (χ4v) is 4.24. The number of carbonyl (C=O) groups is 1. The van der Waals surface area contributed by atoms with Crippen LogP contribution in [0.3, 0.4) is 0 Å². The highest BCUT2D eigenvalue weighted by atomic mass is 16.2. The number of amides is 1. The zero-order valence-corrected chi connectivity index (χ0v) is 17.1. The number of rotatable bonds is 5. The number of H-pyrrole nitrogens is 1. The van der Waals surface area contributed by atoms with E-state index in [-0.39, 0.29) is 5.91 Å². The number of benzene rings is 2. The molecule has 1 aromatic heterocycles. The standard InChI is InChI=1S/C23H26N4O3/c1-2-20(27-21(28)18-10-6-7-11-19(18)24-23(27)30)22(29)26-14-12-25(13-15-26)16-17-8-4-3-5-9-17/h3-11,20H,2,12-16H2,1H3,(H,24,30)/p+1/t20-/m0/s1. The number of hydrogen-bond acceptors (Lipinski definition) is 3. The number of para-hydroxylation sites is 1. The molecule has 1 aliphatic heterocycles. The van der Waals surface area contributed by atoms with Gasteiger partial charge in [-0.1, -0.05) is 49.4 Å². The van der Waals surface area contributed by atoms with E-state index in [1.54, 1.807) is 29.2 Å². The van der Waals surface area contributed by atoms with E-state index in [1.807, 2.05) is 25.1 Å². The van der Waals surface area contributed by atoms with Gasteiger partial charge in [-0.2, -0.15) is 0 Å². The Balaban J connectivity index is 1.51. The summed E-state index contributed by atoms with van der Waals surface area (Å²) in [5.74, 6) is -0.154. The van der Waals surface area contributed by atoms with Crippen LogP contribution in [0.25, 0.3) is 10.9 Å². The number of aromatic nitrogens is 2. The van der Waals surface area contributed by atoms with Crippen molar-refractivity contribution in [1.82, 2.24) is 14.5 Å². The van der Waals surface area contributed by atoms with Crippen molar-refractivity contribution in [2.75, 3.05) is 26.2 Å². The number of piperazine rings is 1. The predicted octanol–water partition coefficient (Wildman–Crippen LogP) is 0.568. The maximum absolute atomic E-state index is 13.2. The average Bonchev–Trinajstić information content (AvgIpc) is 2.77. The second-order valence-corrected chi connectivity index (χ2v) is 7.81. The Bertz CT molecular complexity index is 1140. The van der Waals surface area contributed by atoms with Crippen LogP contribution in [0.15, 0.2) is 64.2 Å². The zero-order chi connectivity index (χ0) is 21.1. The number of nitrogens with one attached hydrogen (secondary N) is 2. The summed E-state index contributed by atoms with van der Waals surface area (Å²) in [6.45, 7) is 5.71. The van der Waals surface area contributed by atoms with Gasteiger partial charge in [-0.15, -0.1) is 0 Å². The molecule has 1 aliphatic rings. The van der Waals surface area contributed by atoms with E-state index in [0.29, 0.717) is 30.4 Å². The van der Waals surface area contributed by atoms with Gasteiger partial charge in [-0.25, -0.2) is 9.36 Å². The topological polar surface area (TPSA) is 79.6 Å². The van der Waals surface area contributed by atoms with Gasteiger partial charge < -0.3 is 14.8 Å². The normalized spacial score (nSPS) is 16.0. The fourth-order valence-electron chi connectivity index (χ4n) is 4.24. The molecule has 0 unspecified atom stereocenters. The van der Waals surface area contributed by atoms with Gasteiger partial charge in [-0.3, -0.25) is 9.59 Å². The lowest BCUT2D eigenvalue weighted by molar-refractivity contribution is -0.917. The molecule has 30 heavy (non-hydrogen) atoms. The summed E-state index contributed by atoms with van der Waals surface area (Å²) in [7, 11) is 0. The molecule has 156 valence electrons. The molecule has 1 saturated heterocycles. The van der Waals surface area contributed by atoms with Crippen LogP contribution in [0.5, 0.6) is 0 Å². The van der Waals surface area contributed by atoms with E-state index >= 15 is 0 Å². The number of hydrogen-bond donors (Lipinski definition) is 2. The average molecular weight is 407 g/mol. The third-order valence-electron chi connectivity index (χ3n) is 5.90. The Morgan fingerprint density at radius 1 is 1.03 bits per heavy atom. The van der Waals surface area contributed by atoms with Crippen LogP contribution >= 0.6 is 0 Å². The zero-order valence-electron chi connectivity index (χ0n) is 17.1. The molecule has 2 N–H and O–H groups in total. The first-order valence-electron chi connectivity index (χ1n) is 10.5. The molecular formula is C23H27N4O3+. The van der Waals surface area contributed by atoms with Gasteiger partial charge in [0.05, 0.1) is 37.1 Å². The van der Waals surface area contributed by atoms with Crippen molar-refractivity contribution in [3.05, 3.63) is 81.0 Å². The molecule has 0 aliphatic carbocycles. The quantitative estimate of drug-likeness (QED) is 0.649. The van der Waals surface area contributed by atoms with Crippen molar-refractivity contribution >= 4 is 16.8 Å². The third-order valence-corrected chi connectivity index (χ3v) is 5.90. The smallest absolute Gasteiger partial charge is 0.329 e. The molecule has 7 heteroatoms. The molecule has 1 amide bonds. The van der Waals surface area contributed by atoms with Crippen molar-refractivity contribution in [3.63, 3.8) is 0 Å². The number of aromatic amines is 1. The van der Waals surface area contributed by atoms with Crippen LogP contribution in [0, 0.1) is 0 Å². The minimum absolute atomic E-state index is 0.154. The summed E-state index contributed by atoms with van der Waals surface area (Å²) in [5.41, 5.74) is 0.826. The Morgan fingerprint density at radius 2 is 1.70 bits per heavy atom. The van der Waals surface area contributed by atoms with E-state index in [9.17, 15) is 14.4 Å². The van der Waals surface area contributed by atoms with Crippen LogP contribution in [0.1, 0.15) is 24.9 Å². The Hall–Kier alpha value is -3.19. The second-order valence-electron chi connectivity index (χ2n) is 7.81. The van der Waals surface area contributed by atoms with E-state index in [2.05, 4.69) is 17.1 Å². The van der Waals surface area contributed by atoms with Gasteiger partial charge in [0.25, 0.3) is 5.56 Å². The largest absolute Gasteiger partial charge is 0.330 e. The monoisotopic (exact) mass is 407 g/mol. The molecule has 0 radical (unpaired) electrons. The summed E-state index contributed by atoms with van der Waals surface area (Å²) in [4.78, 5) is 44.8. The van der Waals surface area contributed by atoms with Crippen LogP contribution in [-0.2, 0) is 11.3 Å². The number of nitrogens with zero attached hydrogens (tertiary/aromatic N) is 2. The minimum atomic E-state index is -0.790. The lowest BCUT2D eigenvalue weighted by atomic mass is 10.1. The molecule has 3 aromatic rings. The number of quaternary nitrogens is 1. The minimum Gasteiger partial charge on any atom is -0.330 e. The van der Waals surface area contributed by atoms with Crippen molar-refractivity contribution in [2.45, 2.75) is 25.9 Å².